The molecule has 0 heterocycles. The molecule has 2 aromatic carbocycles. The Morgan fingerprint density at radius 2 is 1.50 bits per heavy atom. The maximum Gasteiger partial charge on any atom is 0.306 e. The first-order valence-corrected chi connectivity index (χ1v) is 12.8. The maximum absolute atomic E-state index is 12.5. The summed E-state index contributed by atoms with van der Waals surface area (Å²) in [5.74, 6) is -0.160. The number of rotatable bonds is 16. The van der Waals surface area contributed by atoms with E-state index in [1.807, 2.05) is 44.1 Å². The van der Waals surface area contributed by atoms with Crippen LogP contribution in [0.15, 0.2) is 48.5 Å². The number of aryl methyl sites for hydroxylation is 1. The van der Waals surface area contributed by atoms with Crippen molar-refractivity contribution in [3.63, 3.8) is 0 Å². The van der Waals surface area contributed by atoms with Crippen LogP contribution in [0, 0.1) is 0 Å². The molecule has 0 saturated carbocycles. The van der Waals surface area contributed by atoms with E-state index >= 15 is 0 Å². The zero-order valence-electron chi connectivity index (χ0n) is 21.3. The van der Waals surface area contributed by atoms with E-state index in [1.54, 1.807) is 0 Å². The molecule has 0 aliphatic carbocycles. The number of amides is 1. The molecular weight excluding hydrogens is 424 g/mol. The Labute approximate surface area is 205 Å². The molecule has 1 amide bonds. The molecule has 0 radical (unpaired) electrons. The van der Waals surface area contributed by atoms with Crippen molar-refractivity contribution < 1.29 is 14.3 Å². The lowest BCUT2D eigenvalue weighted by molar-refractivity contribution is -0.145. The molecular formula is C29H42N2O3. The van der Waals surface area contributed by atoms with Gasteiger partial charge < -0.3 is 15.0 Å². The summed E-state index contributed by atoms with van der Waals surface area (Å²) in [6, 6.07) is 16.5. The van der Waals surface area contributed by atoms with Gasteiger partial charge in [-0.05, 0) is 48.9 Å². The molecule has 0 bridgehead atoms. The third-order valence-corrected chi connectivity index (χ3v) is 5.88. The van der Waals surface area contributed by atoms with Crippen LogP contribution in [0.2, 0.25) is 0 Å². The zero-order valence-corrected chi connectivity index (χ0v) is 21.3. The number of unbranched alkanes of at least 4 members (excludes halogenated alkanes) is 6. The van der Waals surface area contributed by atoms with E-state index in [2.05, 4.69) is 35.6 Å². The third kappa shape index (κ3) is 10.9. The lowest BCUT2D eigenvalue weighted by Crippen LogP contribution is -2.17. The van der Waals surface area contributed by atoms with Crippen LogP contribution in [0.5, 0.6) is 0 Å². The topological polar surface area (TPSA) is 58.6 Å². The van der Waals surface area contributed by atoms with Crippen LogP contribution < -0.4 is 10.2 Å². The molecule has 34 heavy (non-hydrogen) atoms. The fraction of sp³-hybridized carbons (Fsp3) is 0.517. The largest absolute Gasteiger partial charge is 0.461 e. The number of benzene rings is 2. The predicted molar refractivity (Wildman–Crippen MR) is 141 cm³/mol. The van der Waals surface area contributed by atoms with Crippen molar-refractivity contribution in [2.24, 2.45) is 0 Å². The van der Waals surface area contributed by atoms with Crippen molar-refractivity contribution in [3.8, 4) is 0 Å². The average molecular weight is 467 g/mol. The van der Waals surface area contributed by atoms with Gasteiger partial charge in [-0.1, -0.05) is 75.4 Å². The summed E-state index contributed by atoms with van der Waals surface area (Å²) in [6.07, 6.45) is 11.1. The summed E-state index contributed by atoms with van der Waals surface area (Å²) in [7, 11) is 3.90. The Morgan fingerprint density at radius 3 is 2.18 bits per heavy atom. The number of nitrogens with one attached hydrogen (secondary N) is 1. The second kappa shape index (κ2) is 15.9. The summed E-state index contributed by atoms with van der Waals surface area (Å²) >= 11 is 0. The van der Waals surface area contributed by atoms with Gasteiger partial charge in [-0.25, -0.2) is 0 Å². The summed E-state index contributed by atoms with van der Waals surface area (Å²) in [4.78, 5) is 26.2. The Kier molecular flexibility index (Phi) is 12.8. The number of carbonyl (C=O) groups excluding carboxylic acids is 2. The molecule has 5 nitrogen and oxygen atoms in total. The highest BCUT2D eigenvalue weighted by Gasteiger charge is 2.11. The monoisotopic (exact) mass is 466 g/mol. The van der Waals surface area contributed by atoms with Crippen molar-refractivity contribution in [3.05, 3.63) is 59.7 Å². The van der Waals surface area contributed by atoms with E-state index in [9.17, 15) is 9.59 Å². The Balaban J connectivity index is 1.65. The highest BCUT2D eigenvalue weighted by atomic mass is 16.5. The molecule has 1 N–H and O–H groups in total. The molecule has 0 fully saturated rings. The average Bonchev–Trinajstić information content (AvgIpc) is 2.82. The van der Waals surface area contributed by atoms with Crippen molar-refractivity contribution in [1.82, 2.24) is 0 Å². The van der Waals surface area contributed by atoms with Gasteiger partial charge in [-0.2, -0.15) is 0 Å². The van der Waals surface area contributed by atoms with Crippen LogP contribution in [-0.4, -0.2) is 26.0 Å². The molecule has 2 aromatic rings. The number of esters is 1. The van der Waals surface area contributed by atoms with Crippen LogP contribution in [0.1, 0.15) is 82.3 Å². The molecule has 0 aliphatic rings. The quantitative estimate of drug-likeness (QED) is 0.216. The van der Waals surface area contributed by atoms with Gasteiger partial charge in [-0.3, -0.25) is 9.59 Å². The van der Waals surface area contributed by atoms with Gasteiger partial charge >= 0.3 is 5.97 Å². The lowest BCUT2D eigenvalue weighted by Gasteiger charge is -2.19. The van der Waals surface area contributed by atoms with Gasteiger partial charge in [0.15, 0.2) is 0 Å². The fourth-order valence-electron chi connectivity index (χ4n) is 3.96. The van der Waals surface area contributed by atoms with Crippen LogP contribution in [0.3, 0.4) is 0 Å². The third-order valence-electron chi connectivity index (χ3n) is 5.88. The summed E-state index contributed by atoms with van der Waals surface area (Å²) < 4.78 is 5.31. The van der Waals surface area contributed by atoms with Crippen LogP contribution in [-0.2, 0) is 27.4 Å². The summed E-state index contributed by atoms with van der Waals surface area (Å²) in [5.41, 5.74) is 4.00. The molecule has 186 valence electrons. The Bertz CT molecular complexity index is 865. The second-order valence-corrected chi connectivity index (χ2v) is 9.17. The molecule has 0 saturated heterocycles. The minimum atomic E-state index is -0.194. The molecule has 0 unspecified atom stereocenters. The van der Waals surface area contributed by atoms with Gasteiger partial charge in [0, 0.05) is 26.9 Å². The van der Waals surface area contributed by atoms with Crippen LogP contribution in [0.4, 0.5) is 11.4 Å². The Morgan fingerprint density at radius 1 is 0.824 bits per heavy atom. The smallest absolute Gasteiger partial charge is 0.306 e. The second-order valence-electron chi connectivity index (χ2n) is 9.17. The van der Waals surface area contributed by atoms with E-state index in [0.29, 0.717) is 12.8 Å². The number of nitrogens with zero attached hydrogens (tertiary/aromatic N) is 1. The van der Waals surface area contributed by atoms with E-state index in [1.165, 1.54) is 44.1 Å². The number of hydrogen-bond donors (Lipinski definition) is 1. The van der Waals surface area contributed by atoms with E-state index in [4.69, 9.17) is 4.74 Å². The van der Waals surface area contributed by atoms with Crippen molar-refractivity contribution in [1.29, 1.82) is 0 Å². The molecule has 0 spiro atoms. The van der Waals surface area contributed by atoms with E-state index in [-0.39, 0.29) is 18.5 Å². The number of ether oxygens (including phenoxy) is 1. The van der Waals surface area contributed by atoms with Gasteiger partial charge in [0.25, 0.3) is 0 Å². The summed E-state index contributed by atoms with van der Waals surface area (Å²) in [5, 5.41) is 3.06. The van der Waals surface area contributed by atoms with Crippen molar-refractivity contribution >= 4 is 23.3 Å². The highest BCUT2D eigenvalue weighted by Crippen LogP contribution is 2.26. The van der Waals surface area contributed by atoms with Crippen LogP contribution >= 0.6 is 0 Å². The molecule has 2 rings (SSSR count). The molecule has 0 aliphatic heterocycles. The molecule has 0 atom stereocenters. The van der Waals surface area contributed by atoms with Gasteiger partial charge in [0.1, 0.15) is 6.61 Å². The fourth-order valence-corrected chi connectivity index (χ4v) is 3.96. The normalized spacial score (nSPS) is 10.7. The number of carbonyl (C=O) groups is 2. The van der Waals surface area contributed by atoms with Crippen LogP contribution in [0.25, 0.3) is 0 Å². The van der Waals surface area contributed by atoms with Gasteiger partial charge in [0.2, 0.25) is 5.91 Å². The van der Waals surface area contributed by atoms with Crippen molar-refractivity contribution in [2.75, 3.05) is 24.3 Å². The Hall–Kier alpha value is -2.82. The minimum absolute atomic E-state index is 0.0334. The molecule has 5 heteroatoms. The zero-order chi connectivity index (χ0) is 24.6. The summed E-state index contributed by atoms with van der Waals surface area (Å²) in [6.45, 7) is 2.18. The van der Waals surface area contributed by atoms with Gasteiger partial charge in [0.05, 0.1) is 11.4 Å². The number of hydrogen-bond acceptors (Lipinski definition) is 4. The number of anilines is 2. The first-order chi connectivity index (χ1) is 16.5. The predicted octanol–water partition coefficient (Wildman–Crippen LogP) is 6.90. The lowest BCUT2D eigenvalue weighted by atomic mass is 10.0. The minimum Gasteiger partial charge on any atom is -0.461 e. The standard InChI is InChI=1S/C29H42N2O3/c1-4-15-29(33)34-23-25-20-21-27(31(2)3)26(22-25)30-28(32)19-14-9-7-5-6-8-11-16-24-17-12-10-13-18-24/h10,12-13,17-18,20-22H,4-9,11,14-16,19,23H2,1-3H3,(H,30,32). The molecule has 0 aromatic heterocycles. The van der Waals surface area contributed by atoms with Gasteiger partial charge in [-0.15, -0.1) is 0 Å². The SMILES string of the molecule is CCCC(=O)OCc1ccc(N(C)C)c(NC(=O)CCCCCCCCCc2ccccc2)c1. The maximum atomic E-state index is 12.5. The van der Waals surface area contributed by atoms with E-state index in [0.717, 1.165) is 36.2 Å². The first kappa shape index (κ1) is 27.4. The van der Waals surface area contributed by atoms with E-state index < -0.39 is 0 Å². The first-order valence-electron chi connectivity index (χ1n) is 12.8. The highest BCUT2D eigenvalue weighted by molar-refractivity contribution is 5.94. The van der Waals surface area contributed by atoms with Crippen molar-refractivity contribution in [2.45, 2.75) is 84.2 Å².